The molecule has 138 valence electrons. The summed E-state index contributed by atoms with van der Waals surface area (Å²) >= 11 is 0. The smallest absolute Gasteiger partial charge is 0.259 e. The minimum Gasteiger partial charge on any atom is -0.362 e. The van der Waals surface area contributed by atoms with E-state index in [0.717, 1.165) is 69.5 Å². The van der Waals surface area contributed by atoms with Crippen LogP contribution in [0.4, 0.5) is 0 Å². The van der Waals surface area contributed by atoms with Gasteiger partial charge in [-0.15, -0.1) is 0 Å². The lowest BCUT2D eigenvalue weighted by Gasteiger charge is -2.38. The second-order valence-electron chi connectivity index (χ2n) is 7.21. The molecular weight excluding hydrogens is 330 g/mol. The van der Waals surface area contributed by atoms with E-state index in [-0.39, 0.29) is 11.8 Å². The number of fused-ring (bicyclic) bond motifs is 1. The average molecular weight is 355 g/mol. The highest BCUT2D eigenvalue weighted by Gasteiger charge is 2.35. The Morgan fingerprint density at radius 3 is 2.73 bits per heavy atom. The first-order valence-electron chi connectivity index (χ1n) is 9.28. The number of amidine groups is 1. The molecule has 0 aromatic carbocycles. The number of rotatable bonds is 2. The number of amides is 1. The Morgan fingerprint density at radius 1 is 1.15 bits per heavy atom. The van der Waals surface area contributed by atoms with Crippen molar-refractivity contribution in [3.8, 4) is 0 Å². The van der Waals surface area contributed by atoms with Crippen molar-refractivity contribution in [1.82, 2.24) is 24.7 Å². The summed E-state index contributed by atoms with van der Waals surface area (Å²) in [6.45, 7) is 7.08. The van der Waals surface area contributed by atoms with Crippen LogP contribution in [0, 0.1) is 12.8 Å². The zero-order valence-electron chi connectivity index (χ0n) is 15.4. The van der Waals surface area contributed by atoms with Crippen molar-refractivity contribution in [2.45, 2.75) is 26.3 Å². The van der Waals surface area contributed by atoms with Crippen LogP contribution in [0.3, 0.4) is 0 Å². The van der Waals surface area contributed by atoms with Crippen LogP contribution >= 0.6 is 0 Å². The monoisotopic (exact) mass is 355 g/mol. The van der Waals surface area contributed by atoms with Gasteiger partial charge in [0, 0.05) is 51.7 Å². The van der Waals surface area contributed by atoms with Crippen molar-refractivity contribution in [2.75, 3.05) is 39.8 Å². The van der Waals surface area contributed by atoms with Gasteiger partial charge < -0.3 is 9.80 Å². The molecule has 0 bridgehead atoms. The van der Waals surface area contributed by atoms with Crippen LogP contribution in [0.5, 0.6) is 0 Å². The predicted octanol–water partition coefficient (Wildman–Crippen LogP) is 0.539. The molecule has 0 spiro atoms. The van der Waals surface area contributed by atoms with Crippen LogP contribution in [0.2, 0.25) is 0 Å². The van der Waals surface area contributed by atoms with Gasteiger partial charge in [-0.25, -0.2) is 9.97 Å². The average Bonchev–Trinajstić information content (AvgIpc) is 2.63. The van der Waals surface area contributed by atoms with Crippen LogP contribution in [0.15, 0.2) is 22.2 Å². The van der Waals surface area contributed by atoms with E-state index in [1.807, 2.05) is 26.2 Å². The van der Waals surface area contributed by atoms with Gasteiger partial charge in [-0.2, -0.15) is 9.98 Å². The number of nitrogens with zero attached hydrogens (tertiary/aromatic N) is 7. The van der Waals surface area contributed by atoms with Crippen LogP contribution in [-0.2, 0) is 11.3 Å². The second-order valence-corrected chi connectivity index (χ2v) is 7.21. The third kappa shape index (κ3) is 3.46. The molecule has 3 aliphatic rings. The molecule has 2 fully saturated rings. The highest BCUT2D eigenvalue weighted by Crippen LogP contribution is 2.23. The molecule has 3 aliphatic heterocycles. The normalized spacial score (nSPS) is 24.2. The summed E-state index contributed by atoms with van der Waals surface area (Å²) < 4.78 is 0. The summed E-state index contributed by atoms with van der Waals surface area (Å²) in [5.41, 5.74) is 0.991. The Hall–Kier alpha value is -2.35. The predicted molar refractivity (Wildman–Crippen MR) is 98.9 cm³/mol. The van der Waals surface area contributed by atoms with E-state index in [4.69, 9.17) is 4.99 Å². The lowest BCUT2D eigenvalue weighted by atomic mass is 9.95. The number of carbonyl (C=O) groups excluding carboxylic acids is 1. The van der Waals surface area contributed by atoms with Gasteiger partial charge in [0.05, 0.1) is 12.5 Å². The Labute approximate surface area is 153 Å². The van der Waals surface area contributed by atoms with E-state index in [1.165, 1.54) is 0 Å². The molecule has 1 unspecified atom stereocenters. The third-order valence-electron chi connectivity index (χ3n) is 5.28. The minimum absolute atomic E-state index is 0.0351. The number of piperazine rings is 1. The first-order valence-corrected chi connectivity index (χ1v) is 9.28. The SMILES string of the molecule is Cc1ccnc(CN2CCN(C3=NC(=O)C4CCCN(C)C4=N3)CC2)n1. The van der Waals surface area contributed by atoms with Gasteiger partial charge in [0.1, 0.15) is 11.7 Å². The lowest BCUT2D eigenvalue weighted by molar-refractivity contribution is -0.120. The molecule has 0 N–H and O–H groups in total. The Balaban J connectivity index is 1.39. The summed E-state index contributed by atoms with van der Waals surface area (Å²) in [6, 6.07) is 1.91. The molecule has 26 heavy (non-hydrogen) atoms. The van der Waals surface area contributed by atoms with Gasteiger partial charge in [0.25, 0.3) is 5.91 Å². The van der Waals surface area contributed by atoms with E-state index in [9.17, 15) is 4.79 Å². The van der Waals surface area contributed by atoms with Crippen molar-refractivity contribution >= 4 is 17.7 Å². The number of piperidine rings is 1. The van der Waals surface area contributed by atoms with E-state index in [1.54, 1.807) is 0 Å². The van der Waals surface area contributed by atoms with Gasteiger partial charge in [0.2, 0.25) is 5.96 Å². The summed E-state index contributed by atoms with van der Waals surface area (Å²) in [5, 5.41) is 0. The Kier molecular flexibility index (Phi) is 4.67. The molecular formula is C18H25N7O. The van der Waals surface area contributed by atoms with Crippen LogP contribution in [-0.4, -0.2) is 82.1 Å². The number of likely N-dealkylation sites (tertiary alicyclic amines) is 1. The van der Waals surface area contributed by atoms with Crippen molar-refractivity contribution in [3.63, 3.8) is 0 Å². The fraction of sp³-hybridized carbons (Fsp3) is 0.611. The maximum atomic E-state index is 12.4. The highest BCUT2D eigenvalue weighted by atomic mass is 16.1. The summed E-state index contributed by atoms with van der Waals surface area (Å²) in [5.74, 6) is 2.16. The number of hydrogen-bond acceptors (Lipinski definition) is 7. The summed E-state index contributed by atoms with van der Waals surface area (Å²) in [7, 11) is 2.01. The van der Waals surface area contributed by atoms with Crippen molar-refractivity contribution in [2.24, 2.45) is 15.9 Å². The van der Waals surface area contributed by atoms with Gasteiger partial charge in [0.15, 0.2) is 0 Å². The second kappa shape index (κ2) is 7.11. The van der Waals surface area contributed by atoms with E-state index in [2.05, 4.69) is 29.7 Å². The largest absolute Gasteiger partial charge is 0.362 e. The van der Waals surface area contributed by atoms with Crippen LogP contribution < -0.4 is 0 Å². The Morgan fingerprint density at radius 2 is 1.96 bits per heavy atom. The first kappa shape index (κ1) is 17.1. The molecule has 8 nitrogen and oxygen atoms in total. The number of hydrogen-bond donors (Lipinski definition) is 0. The number of carbonyl (C=O) groups is 1. The maximum Gasteiger partial charge on any atom is 0.259 e. The molecule has 1 aromatic heterocycles. The number of aliphatic imine (C=N–C) groups is 2. The minimum atomic E-state index is -0.141. The first-order chi connectivity index (χ1) is 12.6. The molecule has 1 aromatic rings. The fourth-order valence-electron chi connectivity index (χ4n) is 3.77. The van der Waals surface area contributed by atoms with E-state index < -0.39 is 0 Å². The van der Waals surface area contributed by atoms with Gasteiger partial charge >= 0.3 is 0 Å². The van der Waals surface area contributed by atoms with Crippen molar-refractivity contribution < 1.29 is 4.79 Å². The van der Waals surface area contributed by atoms with Crippen molar-refractivity contribution in [3.05, 3.63) is 23.8 Å². The zero-order valence-corrected chi connectivity index (χ0v) is 15.4. The fourth-order valence-corrected chi connectivity index (χ4v) is 3.77. The van der Waals surface area contributed by atoms with E-state index >= 15 is 0 Å². The topological polar surface area (TPSA) is 77.3 Å². The standard InChI is InChI=1S/C18H25N7O/c1-13-5-6-19-15(20-13)12-24-8-10-25(11-9-24)18-21-16-14(17(26)22-18)4-3-7-23(16)2/h5-6,14H,3-4,7-12H2,1-2H3. The number of aromatic nitrogens is 2. The molecule has 4 rings (SSSR count). The van der Waals surface area contributed by atoms with E-state index in [0.29, 0.717) is 5.96 Å². The molecule has 1 amide bonds. The number of aryl methyl sites for hydroxylation is 1. The molecule has 0 saturated carbocycles. The highest BCUT2D eigenvalue weighted by molar-refractivity contribution is 6.14. The van der Waals surface area contributed by atoms with Crippen molar-refractivity contribution in [1.29, 1.82) is 0 Å². The van der Waals surface area contributed by atoms with Gasteiger partial charge in [-0.1, -0.05) is 0 Å². The molecule has 1 atom stereocenters. The van der Waals surface area contributed by atoms with Gasteiger partial charge in [-0.3, -0.25) is 9.69 Å². The molecule has 0 radical (unpaired) electrons. The third-order valence-corrected chi connectivity index (χ3v) is 5.28. The molecule has 4 heterocycles. The quantitative estimate of drug-likeness (QED) is 0.771. The van der Waals surface area contributed by atoms with Crippen LogP contribution in [0.1, 0.15) is 24.4 Å². The number of guanidine groups is 1. The van der Waals surface area contributed by atoms with Crippen LogP contribution in [0.25, 0.3) is 0 Å². The zero-order chi connectivity index (χ0) is 18.1. The molecule has 0 aliphatic carbocycles. The summed E-state index contributed by atoms with van der Waals surface area (Å²) in [4.78, 5) is 36.8. The van der Waals surface area contributed by atoms with Gasteiger partial charge in [-0.05, 0) is 25.8 Å². The molecule has 2 saturated heterocycles. The Bertz CT molecular complexity index is 752. The maximum absolute atomic E-state index is 12.4. The molecule has 8 heteroatoms. The summed E-state index contributed by atoms with van der Waals surface area (Å²) in [6.07, 6.45) is 3.70. The lowest BCUT2D eigenvalue weighted by Crippen LogP contribution is -2.51.